The summed E-state index contributed by atoms with van der Waals surface area (Å²) in [5.41, 5.74) is 1.96. The Hall–Kier alpha value is 0.140. The molecule has 2 unspecified atom stereocenters. The summed E-state index contributed by atoms with van der Waals surface area (Å²) in [6.07, 6.45) is 3.07. The maximum absolute atomic E-state index is 13.1. The lowest BCUT2D eigenvalue weighted by molar-refractivity contribution is 0.390. The molecule has 10 heavy (non-hydrogen) atoms. The molecule has 1 aliphatic carbocycles. The molecule has 0 N–H and O–H groups in total. The molecule has 1 aliphatic rings. The topological polar surface area (TPSA) is 0 Å². The molecule has 1 rings (SSSR count). The molecule has 2 heteroatoms. The first-order chi connectivity index (χ1) is 4.63. The van der Waals surface area contributed by atoms with Crippen molar-refractivity contribution in [2.75, 3.05) is 0 Å². The third-order valence-corrected chi connectivity index (χ3v) is 3.35. The third-order valence-electron chi connectivity index (χ3n) is 1.74. The summed E-state index contributed by atoms with van der Waals surface area (Å²) in [7, 11) is 0. The fourth-order valence-electron chi connectivity index (χ4n) is 0.908. The van der Waals surface area contributed by atoms with Crippen molar-refractivity contribution in [3.8, 4) is 0 Å². The van der Waals surface area contributed by atoms with Crippen LogP contribution in [0.25, 0.3) is 0 Å². The highest BCUT2D eigenvalue weighted by Crippen LogP contribution is 2.27. The zero-order valence-corrected chi connectivity index (χ0v) is 8.22. The van der Waals surface area contributed by atoms with Crippen LogP contribution in [0, 0.1) is 0 Å². The minimum atomic E-state index is -0.773. The second-order valence-corrected chi connectivity index (χ2v) is 3.97. The van der Waals surface area contributed by atoms with Crippen LogP contribution in [0.3, 0.4) is 0 Å². The van der Waals surface area contributed by atoms with Crippen LogP contribution in [-0.2, 0) is 0 Å². The molecule has 0 aromatic heterocycles. The van der Waals surface area contributed by atoms with Gasteiger partial charge in [0.1, 0.15) is 6.17 Å². The van der Waals surface area contributed by atoms with Gasteiger partial charge in [-0.3, -0.25) is 0 Å². The van der Waals surface area contributed by atoms with Crippen LogP contribution in [0.5, 0.6) is 0 Å². The largest absolute Gasteiger partial charge is 0.241 e. The minimum Gasteiger partial charge on any atom is -0.241 e. The lowest BCUT2D eigenvalue weighted by Gasteiger charge is -2.19. The predicted octanol–water partition coefficient (Wildman–Crippen LogP) is 3.03. The normalized spacial score (nSPS) is 33.2. The van der Waals surface area contributed by atoms with E-state index in [9.17, 15) is 4.39 Å². The van der Waals surface area contributed by atoms with Crippen LogP contribution < -0.4 is 0 Å². The SMILES string of the molecule is CC1=CC=C(C)C(I)C1F. The third kappa shape index (κ3) is 1.41. The highest BCUT2D eigenvalue weighted by molar-refractivity contribution is 14.1. The molecule has 56 valence electrons. The van der Waals surface area contributed by atoms with E-state index in [0.29, 0.717) is 0 Å². The van der Waals surface area contributed by atoms with Crippen molar-refractivity contribution >= 4 is 22.6 Å². The average molecular weight is 252 g/mol. The quantitative estimate of drug-likeness (QED) is 0.459. The molecule has 0 amide bonds. The van der Waals surface area contributed by atoms with Gasteiger partial charge in [0.25, 0.3) is 0 Å². The second-order valence-electron chi connectivity index (χ2n) is 2.62. The molecular formula is C8H10FI. The van der Waals surface area contributed by atoms with Gasteiger partial charge in [0, 0.05) is 0 Å². The van der Waals surface area contributed by atoms with Crippen LogP contribution in [0.15, 0.2) is 23.3 Å². The van der Waals surface area contributed by atoms with Gasteiger partial charge >= 0.3 is 0 Å². The number of hydrogen-bond donors (Lipinski definition) is 0. The van der Waals surface area contributed by atoms with Crippen molar-refractivity contribution in [2.24, 2.45) is 0 Å². The number of rotatable bonds is 0. The Balaban J connectivity index is 2.86. The molecule has 2 atom stereocenters. The zero-order chi connectivity index (χ0) is 7.72. The Morgan fingerprint density at radius 1 is 1.30 bits per heavy atom. The van der Waals surface area contributed by atoms with E-state index in [1.807, 2.05) is 26.0 Å². The Morgan fingerprint density at radius 3 is 2.30 bits per heavy atom. The molecule has 0 aromatic rings. The minimum absolute atomic E-state index is 0.0441. The highest BCUT2D eigenvalue weighted by Gasteiger charge is 2.22. The van der Waals surface area contributed by atoms with Crippen molar-refractivity contribution < 1.29 is 4.39 Å². The first-order valence-electron chi connectivity index (χ1n) is 3.26. The predicted molar refractivity (Wildman–Crippen MR) is 50.2 cm³/mol. The summed E-state index contributed by atoms with van der Waals surface area (Å²) in [5.74, 6) is 0. The van der Waals surface area contributed by atoms with Crippen LogP contribution in [0.2, 0.25) is 0 Å². The lowest BCUT2D eigenvalue weighted by atomic mass is 9.99. The maximum Gasteiger partial charge on any atom is 0.137 e. The van der Waals surface area contributed by atoms with Crippen LogP contribution in [-0.4, -0.2) is 10.1 Å². The van der Waals surface area contributed by atoms with E-state index in [1.165, 1.54) is 0 Å². The first kappa shape index (κ1) is 8.24. The van der Waals surface area contributed by atoms with Crippen molar-refractivity contribution in [1.29, 1.82) is 0 Å². The van der Waals surface area contributed by atoms with E-state index in [2.05, 4.69) is 22.6 Å². The molecule has 0 fully saturated rings. The van der Waals surface area contributed by atoms with Gasteiger partial charge in [-0.15, -0.1) is 0 Å². The van der Waals surface area contributed by atoms with E-state index in [1.54, 1.807) is 0 Å². The molecule has 0 spiro atoms. The standard InChI is InChI=1S/C8H10FI/c1-5-3-4-6(2)8(10)7(5)9/h3-4,7-8H,1-2H3. The van der Waals surface area contributed by atoms with Crippen LogP contribution in [0.1, 0.15) is 13.8 Å². The molecule has 0 saturated heterocycles. The first-order valence-corrected chi connectivity index (χ1v) is 4.50. The van der Waals surface area contributed by atoms with Crippen molar-refractivity contribution in [3.05, 3.63) is 23.3 Å². The monoisotopic (exact) mass is 252 g/mol. The smallest absolute Gasteiger partial charge is 0.137 e. The fraction of sp³-hybridized carbons (Fsp3) is 0.500. The zero-order valence-electron chi connectivity index (χ0n) is 6.07. The van der Waals surface area contributed by atoms with Gasteiger partial charge in [-0.05, 0) is 19.4 Å². The van der Waals surface area contributed by atoms with Gasteiger partial charge in [0.2, 0.25) is 0 Å². The van der Waals surface area contributed by atoms with Gasteiger partial charge in [0.05, 0.1) is 3.92 Å². The fourth-order valence-corrected chi connectivity index (χ4v) is 1.68. The number of alkyl halides is 2. The summed E-state index contributed by atoms with van der Waals surface area (Å²) < 4.78 is 13.1. The average Bonchev–Trinajstić information content (AvgIpc) is 1.93. The van der Waals surface area contributed by atoms with Crippen molar-refractivity contribution in [3.63, 3.8) is 0 Å². The molecule has 0 saturated carbocycles. The van der Waals surface area contributed by atoms with Gasteiger partial charge < -0.3 is 0 Å². The van der Waals surface area contributed by atoms with E-state index >= 15 is 0 Å². The summed E-state index contributed by atoms with van der Waals surface area (Å²) >= 11 is 2.14. The lowest BCUT2D eigenvalue weighted by Crippen LogP contribution is -2.20. The second kappa shape index (κ2) is 3.03. The number of halogens is 2. The van der Waals surface area contributed by atoms with E-state index in [-0.39, 0.29) is 3.92 Å². The van der Waals surface area contributed by atoms with E-state index in [4.69, 9.17) is 0 Å². The number of hydrogen-bond acceptors (Lipinski definition) is 0. The molecule has 0 aromatic carbocycles. The summed E-state index contributed by atoms with van der Waals surface area (Å²) in [5, 5.41) is 0. The van der Waals surface area contributed by atoms with Crippen molar-refractivity contribution in [1.82, 2.24) is 0 Å². The van der Waals surface area contributed by atoms with Gasteiger partial charge in [-0.1, -0.05) is 40.3 Å². The molecule has 0 nitrogen and oxygen atoms in total. The Kier molecular flexibility index (Phi) is 2.50. The number of allylic oxidation sites excluding steroid dienone is 4. The molecule has 0 bridgehead atoms. The van der Waals surface area contributed by atoms with Crippen LogP contribution in [0.4, 0.5) is 4.39 Å². The van der Waals surface area contributed by atoms with Gasteiger partial charge in [-0.25, -0.2) is 4.39 Å². The molecule has 0 heterocycles. The van der Waals surface area contributed by atoms with Gasteiger partial charge in [0.15, 0.2) is 0 Å². The van der Waals surface area contributed by atoms with E-state index < -0.39 is 6.17 Å². The van der Waals surface area contributed by atoms with Crippen LogP contribution >= 0.6 is 22.6 Å². The maximum atomic E-state index is 13.1. The summed E-state index contributed by atoms with van der Waals surface area (Å²) in [6.45, 7) is 3.80. The summed E-state index contributed by atoms with van der Waals surface area (Å²) in [6, 6.07) is 0. The highest BCUT2D eigenvalue weighted by atomic mass is 127. The molecular weight excluding hydrogens is 242 g/mol. The Labute approximate surface area is 74.3 Å². The van der Waals surface area contributed by atoms with Gasteiger partial charge in [-0.2, -0.15) is 0 Å². The van der Waals surface area contributed by atoms with Crippen molar-refractivity contribution in [2.45, 2.75) is 23.9 Å². The Morgan fingerprint density at radius 2 is 1.80 bits per heavy atom. The Bertz CT molecular complexity index is 171. The van der Waals surface area contributed by atoms with E-state index in [0.717, 1.165) is 11.1 Å². The molecule has 0 radical (unpaired) electrons. The summed E-state index contributed by atoms with van der Waals surface area (Å²) in [4.78, 5) is 0. The molecule has 0 aliphatic heterocycles.